The quantitative estimate of drug-likeness (QED) is 0.832. The highest BCUT2D eigenvalue weighted by Gasteiger charge is 2.28. The number of amides is 2. The maximum atomic E-state index is 13.1. The topological polar surface area (TPSA) is 58.6 Å². The monoisotopic (exact) mass is 384 g/mol. The Bertz CT molecular complexity index is 806. The number of methoxy groups -OCH3 is 1. The molecule has 0 bridgehead atoms. The van der Waals surface area contributed by atoms with Crippen molar-refractivity contribution in [1.29, 1.82) is 0 Å². The molecule has 1 saturated heterocycles. The van der Waals surface area contributed by atoms with E-state index in [9.17, 15) is 14.0 Å². The molecule has 3 rings (SSSR count). The number of hydrogen-bond donors (Lipinski definition) is 1. The highest BCUT2D eigenvalue weighted by atomic mass is 19.1. The normalized spacial score (nSPS) is 16.6. The first-order valence-electron chi connectivity index (χ1n) is 9.46. The van der Waals surface area contributed by atoms with Gasteiger partial charge in [-0.15, -0.1) is 0 Å². The van der Waals surface area contributed by atoms with Crippen LogP contribution in [0.15, 0.2) is 48.5 Å². The van der Waals surface area contributed by atoms with E-state index in [4.69, 9.17) is 4.74 Å². The van der Waals surface area contributed by atoms with Crippen LogP contribution in [0.25, 0.3) is 0 Å². The van der Waals surface area contributed by atoms with Crippen molar-refractivity contribution in [2.45, 2.75) is 26.0 Å². The van der Waals surface area contributed by atoms with Crippen molar-refractivity contribution < 1.29 is 18.7 Å². The van der Waals surface area contributed by atoms with Gasteiger partial charge in [-0.1, -0.05) is 24.3 Å². The summed E-state index contributed by atoms with van der Waals surface area (Å²) in [4.78, 5) is 26.9. The second-order valence-corrected chi connectivity index (χ2v) is 7.06. The molecule has 2 aromatic carbocycles. The van der Waals surface area contributed by atoms with E-state index in [0.717, 1.165) is 24.0 Å². The van der Waals surface area contributed by atoms with Crippen LogP contribution in [0.5, 0.6) is 0 Å². The maximum absolute atomic E-state index is 13.1. The van der Waals surface area contributed by atoms with Gasteiger partial charge in [0.15, 0.2) is 0 Å². The molecule has 0 aliphatic carbocycles. The summed E-state index contributed by atoms with van der Waals surface area (Å²) in [6.07, 6.45) is 1.53. The number of benzene rings is 2. The zero-order valence-electron chi connectivity index (χ0n) is 16.0. The molecule has 2 amide bonds. The molecule has 1 aliphatic rings. The van der Waals surface area contributed by atoms with Crippen molar-refractivity contribution in [3.05, 3.63) is 71.0 Å². The fraction of sp³-hybridized carbons (Fsp3) is 0.364. The molecular formula is C22H25FN2O3. The molecule has 0 saturated carbocycles. The van der Waals surface area contributed by atoms with Crippen molar-refractivity contribution in [2.24, 2.45) is 5.92 Å². The second-order valence-electron chi connectivity index (χ2n) is 7.06. The van der Waals surface area contributed by atoms with E-state index in [0.29, 0.717) is 31.8 Å². The van der Waals surface area contributed by atoms with Crippen LogP contribution in [-0.4, -0.2) is 36.9 Å². The Hall–Kier alpha value is -2.73. The van der Waals surface area contributed by atoms with E-state index >= 15 is 0 Å². The minimum absolute atomic E-state index is 0.0439. The first-order valence-corrected chi connectivity index (χ1v) is 9.46. The van der Waals surface area contributed by atoms with Gasteiger partial charge in [0.25, 0.3) is 5.91 Å². The van der Waals surface area contributed by atoms with Crippen LogP contribution in [-0.2, 0) is 22.7 Å². The van der Waals surface area contributed by atoms with Gasteiger partial charge >= 0.3 is 0 Å². The predicted molar refractivity (Wildman–Crippen MR) is 104 cm³/mol. The summed E-state index contributed by atoms with van der Waals surface area (Å²) in [6, 6.07) is 13.4. The van der Waals surface area contributed by atoms with E-state index in [-0.39, 0.29) is 23.5 Å². The minimum Gasteiger partial charge on any atom is -0.380 e. The van der Waals surface area contributed by atoms with Crippen LogP contribution in [0, 0.1) is 11.7 Å². The summed E-state index contributed by atoms with van der Waals surface area (Å²) >= 11 is 0. The highest BCUT2D eigenvalue weighted by Crippen LogP contribution is 2.19. The fourth-order valence-electron chi connectivity index (χ4n) is 3.40. The maximum Gasteiger partial charge on any atom is 0.253 e. The number of carbonyl (C=O) groups excluding carboxylic acids is 2. The Kier molecular flexibility index (Phi) is 6.76. The number of carbonyl (C=O) groups is 2. The molecule has 1 heterocycles. The number of piperidine rings is 1. The summed E-state index contributed by atoms with van der Waals surface area (Å²) < 4.78 is 18.2. The lowest BCUT2D eigenvalue weighted by atomic mass is 9.96. The number of ether oxygens (including phenoxy) is 1. The van der Waals surface area contributed by atoms with Gasteiger partial charge in [-0.3, -0.25) is 9.59 Å². The van der Waals surface area contributed by atoms with Gasteiger partial charge in [0.05, 0.1) is 12.5 Å². The summed E-state index contributed by atoms with van der Waals surface area (Å²) in [5, 5.41) is 2.97. The van der Waals surface area contributed by atoms with Gasteiger partial charge in [0.2, 0.25) is 5.91 Å². The average molecular weight is 384 g/mol. The lowest BCUT2D eigenvalue weighted by molar-refractivity contribution is -0.126. The molecule has 0 spiro atoms. The zero-order chi connectivity index (χ0) is 19.9. The summed E-state index contributed by atoms with van der Waals surface area (Å²) in [5.41, 5.74) is 2.54. The first kappa shape index (κ1) is 20.0. The van der Waals surface area contributed by atoms with E-state index in [1.807, 2.05) is 24.3 Å². The largest absolute Gasteiger partial charge is 0.380 e. The third-order valence-electron chi connectivity index (χ3n) is 4.97. The van der Waals surface area contributed by atoms with Gasteiger partial charge < -0.3 is 15.0 Å². The number of rotatable bonds is 6. The SMILES string of the molecule is COCc1ccc(CNC(=O)C2CCCN(C(=O)c3ccc(F)cc3)C2)cc1. The third-order valence-corrected chi connectivity index (χ3v) is 4.97. The van der Waals surface area contributed by atoms with Crippen molar-refractivity contribution in [3.63, 3.8) is 0 Å². The number of nitrogens with zero attached hydrogens (tertiary/aromatic N) is 1. The molecule has 1 fully saturated rings. The van der Waals surface area contributed by atoms with Gasteiger partial charge in [0.1, 0.15) is 5.82 Å². The smallest absolute Gasteiger partial charge is 0.253 e. The Balaban J connectivity index is 1.53. The molecule has 148 valence electrons. The molecule has 0 radical (unpaired) electrons. The molecule has 1 unspecified atom stereocenters. The fourth-order valence-corrected chi connectivity index (χ4v) is 3.40. The van der Waals surface area contributed by atoms with E-state index in [2.05, 4.69) is 5.32 Å². The molecule has 2 aromatic rings. The summed E-state index contributed by atoms with van der Waals surface area (Å²) in [5.74, 6) is -0.808. The Labute approximate surface area is 164 Å². The van der Waals surface area contributed by atoms with Crippen LogP contribution < -0.4 is 5.32 Å². The summed E-state index contributed by atoms with van der Waals surface area (Å²) in [6.45, 7) is 2.01. The molecule has 1 N–H and O–H groups in total. The van der Waals surface area contributed by atoms with Gasteiger partial charge in [0, 0.05) is 32.3 Å². The minimum atomic E-state index is -0.372. The average Bonchev–Trinajstić information content (AvgIpc) is 2.73. The number of likely N-dealkylation sites (tertiary alicyclic amines) is 1. The van der Waals surface area contributed by atoms with Crippen molar-refractivity contribution >= 4 is 11.8 Å². The first-order chi connectivity index (χ1) is 13.6. The van der Waals surface area contributed by atoms with Crippen LogP contribution >= 0.6 is 0 Å². The number of halogens is 1. The number of hydrogen-bond acceptors (Lipinski definition) is 3. The van der Waals surface area contributed by atoms with Crippen LogP contribution in [0.3, 0.4) is 0 Å². The number of nitrogens with one attached hydrogen (secondary N) is 1. The lowest BCUT2D eigenvalue weighted by Crippen LogP contribution is -2.45. The van der Waals surface area contributed by atoms with Gasteiger partial charge in [-0.05, 0) is 48.2 Å². The molecular weight excluding hydrogens is 359 g/mol. The summed E-state index contributed by atoms with van der Waals surface area (Å²) in [7, 11) is 1.66. The predicted octanol–water partition coefficient (Wildman–Crippen LogP) is 3.14. The van der Waals surface area contributed by atoms with Gasteiger partial charge in [-0.25, -0.2) is 4.39 Å². The molecule has 1 aliphatic heterocycles. The third kappa shape index (κ3) is 5.16. The van der Waals surface area contributed by atoms with Crippen molar-refractivity contribution in [1.82, 2.24) is 10.2 Å². The van der Waals surface area contributed by atoms with E-state index in [1.165, 1.54) is 24.3 Å². The molecule has 6 heteroatoms. The van der Waals surface area contributed by atoms with Gasteiger partial charge in [-0.2, -0.15) is 0 Å². The van der Waals surface area contributed by atoms with E-state index in [1.54, 1.807) is 12.0 Å². The Morgan fingerprint density at radius 2 is 1.79 bits per heavy atom. The second kappa shape index (κ2) is 9.46. The lowest BCUT2D eigenvalue weighted by Gasteiger charge is -2.32. The van der Waals surface area contributed by atoms with Crippen LogP contribution in [0.1, 0.15) is 34.3 Å². The molecule has 28 heavy (non-hydrogen) atoms. The Morgan fingerprint density at radius 3 is 2.46 bits per heavy atom. The van der Waals surface area contributed by atoms with Crippen LogP contribution in [0.4, 0.5) is 4.39 Å². The zero-order valence-corrected chi connectivity index (χ0v) is 16.0. The van der Waals surface area contributed by atoms with Crippen molar-refractivity contribution in [3.8, 4) is 0 Å². The molecule has 5 nitrogen and oxygen atoms in total. The molecule has 1 atom stereocenters. The van der Waals surface area contributed by atoms with E-state index < -0.39 is 0 Å². The Morgan fingerprint density at radius 1 is 1.11 bits per heavy atom. The standard InChI is InChI=1S/C22H25FN2O3/c1-28-15-17-6-4-16(5-7-17)13-24-21(26)19-3-2-12-25(14-19)22(27)18-8-10-20(23)11-9-18/h4-11,19H,2-3,12-15H2,1H3,(H,24,26). The van der Waals surface area contributed by atoms with Crippen molar-refractivity contribution in [2.75, 3.05) is 20.2 Å². The highest BCUT2D eigenvalue weighted by molar-refractivity contribution is 5.94. The molecule has 0 aromatic heterocycles. The van der Waals surface area contributed by atoms with Crippen LogP contribution in [0.2, 0.25) is 0 Å².